The fourth-order valence-electron chi connectivity index (χ4n) is 2.04. The quantitative estimate of drug-likeness (QED) is 0.803. The molecule has 2 aromatic rings. The van der Waals surface area contributed by atoms with Gasteiger partial charge in [0.2, 0.25) is 0 Å². The Labute approximate surface area is 122 Å². The van der Waals surface area contributed by atoms with Gasteiger partial charge in [-0.15, -0.1) is 11.3 Å². The van der Waals surface area contributed by atoms with E-state index in [0.29, 0.717) is 6.54 Å². The molecule has 2 N–H and O–H groups in total. The number of rotatable bonds is 6. The normalized spacial score (nSPS) is 10.7. The smallest absolute Gasteiger partial charge is 0.317 e. The number of hydrogen-bond acceptors (Lipinski definition) is 4. The van der Waals surface area contributed by atoms with Crippen molar-refractivity contribution in [2.24, 2.45) is 0 Å². The zero-order valence-electron chi connectivity index (χ0n) is 11.6. The van der Waals surface area contributed by atoms with Gasteiger partial charge in [0.15, 0.2) is 0 Å². The molecule has 0 aliphatic carbocycles. The lowest BCUT2D eigenvalue weighted by atomic mass is 10.0. The van der Waals surface area contributed by atoms with Crippen LogP contribution in [0.15, 0.2) is 23.6 Å². The molecule has 0 amide bonds. The Hall–Kier alpha value is -1.72. The van der Waals surface area contributed by atoms with Crippen LogP contribution in [0.25, 0.3) is 11.3 Å². The fourth-order valence-corrected chi connectivity index (χ4v) is 2.84. The molecule has 0 radical (unpaired) electrons. The SMILES string of the molecule is Cc1ccc(-c2csc(CCNCC(=O)O)n2)c(C)c1. The molecule has 106 valence electrons. The van der Waals surface area contributed by atoms with Crippen molar-refractivity contribution in [3.05, 3.63) is 39.7 Å². The standard InChI is InChI=1S/C15H18N2O2S/c1-10-3-4-12(11(2)7-10)13-9-20-14(17-13)5-6-16-8-15(18)19/h3-4,7,9,16H,5-6,8H2,1-2H3,(H,18,19). The predicted molar refractivity (Wildman–Crippen MR) is 81.2 cm³/mol. The van der Waals surface area contributed by atoms with Crippen LogP contribution in [0.5, 0.6) is 0 Å². The molecule has 20 heavy (non-hydrogen) atoms. The minimum absolute atomic E-state index is 0.00466. The predicted octanol–water partition coefficient (Wildman–Crippen LogP) is 2.64. The number of hydrogen-bond donors (Lipinski definition) is 2. The van der Waals surface area contributed by atoms with Crippen LogP contribution in [0.4, 0.5) is 0 Å². The molecule has 4 nitrogen and oxygen atoms in total. The van der Waals surface area contributed by atoms with Gasteiger partial charge >= 0.3 is 5.97 Å². The van der Waals surface area contributed by atoms with Crippen LogP contribution in [-0.2, 0) is 11.2 Å². The van der Waals surface area contributed by atoms with Gasteiger partial charge in [-0.25, -0.2) is 4.98 Å². The Morgan fingerprint density at radius 1 is 1.40 bits per heavy atom. The van der Waals surface area contributed by atoms with Crippen LogP contribution in [0.2, 0.25) is 0 Å². The lowest BCUT2D eigenvalue weighted by Crippen LogP contribution is -2.24. The lowest BCUT2D eigenvalue weighted by molar-refractivity contribution is -0.135. The molecular weight excluding hydrogens is 272 g/mol. The average molecular weight is 290 g/mol. The molecule has 0 saturated carbocycles. The highest BCUT2D eigenvalue weighted by Crippen LogP contribution is 2.25. The Bertz CT molecular complexity index is 608. The van der Waals surface area contributed by atoms with Crippen molar-refractivity contribution in [1.82, 2.24) is 10.3 Å². The first-order valence-corrected chi connectivity index (χ1v) is 7.39. The first kappa shape index (κ1) is 14.7. The molecule has 0 aliphatic rings. The summed E-state index contributed by atoms with van der Waals surface area (Å²) >= 11 is 1.62. The Morgan fingerprint density at radius 2 is 2.20 bits per heavy atom. The Balaban J connectivity index is 1.99. The monoisotopic (exact) mass is 290 g/mol. The van der Waals surface area contributed by atoms with Crippen molar-refractivity contribution in [2.45, 2.75) is 20.3 Å². The number of aromatic nitrogens is 1. The first-order valence-electron chi connectivity index (χ1n) is 6.51. The van der Waals surface area contributed by atoms with E-state index in [4.69, 9.17) is 5.11 Å². The van der Waals surface area contributed by atoms with E-state index in [2.05, 4.69) is 47.7 Å². The molecule has 2 rings (SSSR count). The summed E-state index contributed by atoms with van der Waals surface area (Å²) < 4.78 is 0. The summed E-state index contributed by atoms with van der Waals surface area (Å²) in [5, 5.41) is 14.5. The van der Waals surface area contributed by atoms with Gasteiger partial charge in [0.1, 0.15) is 0 Å². The molecule has 0 saturated heterocycles. The van der Waals surface area contributed by atoms with Crippen LogP contribution in [0.3, 0.4) is 0 Å². The number of thiazole rings is 1. The number of benzene rings is 1. The van der Waals surface area contributed by atoms with E-state index in [0.717, 1.165) is 22.7 Å². The number of carboxylic acids is 1. The zero-order valence-corrected chi connectivity index (χ0v) is 12.5. The molecule has 0 aliphatic heterocycles. The van der Waals surface area contributed by atoms with Crippen LogP contribution in [0.1, 0.15) is 16.1 Å². The van der Waals surface area contributed by atoms with Crippen molar-refractivity contribution in [3.63, 3.8) is 0 Å². The molecule has 0 fully saturated rings. The van der Waals surface area contributed by atoms with Gasteiger partial charge in [0.25, 0.3) is 0 Å². The number of aliphatic carboxylic acids is 1. The third kappa shape index (κ3) is 3.88. The third-order valence-electron chi connectivity index (χ3n) is 3.00. The van der Waals surface area contributed by atoms with Crippen molar-refractivity contribution in [1.29, 1.82) is 0 Å². The van der Waals surface area contributed by atoms with E-state index in [1.54, 1.807) is 11.3 Å². The topological polar surface area (TPSA) is 62.2 Å². The molecule has 1 heterocycles. The second kappa shape index (κ2) is 6.63. The minimum Gasteiger partial charge on any atom is -0.480 e. The van der Waals surface area contributed by atoms with Crippen LogP contribution in [-0.4, -0.2) is 29.1 Å². The maximum Gasteiger partial charge on any atom is 0.317 e. The second-order valence-corrected chi connectivity index (χ2v) is 5.71. The molecule has 1 aromatic heterocycles. The van der Waals surface area contributed by atoms with Crippen LogP contribution >= 0.6 is 11.3 Å². The highest BCUT2D eigenvalue weighted by Gasteiger charge is 2.07. The van der Waals surface area contributed by atoms with E-state index < -0.39 is 5.97 Å². The van der Waals surface area contributed by atoms with Crippen LogP contribution in [0, 0.1) is 13.8 Å². The van der Waals surface area contributed by atoms with Crippen molar-refractivity contribution >= 4 is 17.3 Å². The molecule has 5 heteroatoms. The van der Waals surface area contributed by atoms with Crippen molar-refractivity contribution in [2.75, 3.05) is 13.1 Å². The summed E-state index contributed by atoms with van der Waals surface area (Å²) in [7, 11) is 0. The van der Waals surface area contributed by atoms with E-state index in [1.807, 2.05) is 0 Å². The lowest BCUT2D eigenvalue weighted by Gasteiger charge is -2.03. The molecule has 1 aromatic carbocycles. The maximum absolute atomic E-state index is 10.4. The number of carboxylic acid groups (broad SMARTS) is 1. The summed E-state index contributed by atoms with van der Waals surface area (Å²) in [4.78, 5) is 15.0. The minimum atomic E-state index is -0.833. The summed E-state index contributed by atoms with van der Waals surface area (Å²) in [6, 6.07) is 6.35. The van der Waals surface area contributed by atoms with E-state index >= 15 is 0 Å². The Kier molecular flexibility index (Phi) is 4.87. The van der Waals surface area contributed by atoms with E-state index in [-0.39, 0.29) is 6.54 Å². The highest BCUT2D eigenvalue weighted by molar-refractivity contribution is 7.09. The van der Waals surface area contributed by atoms with Gasteiger partial charge in [0.05, 0.1) is 17.2 Å². The van der Waals surface area contributed by atoms with Crippen LogP contribution < -0.4 is 5.32 Å². The number of nitrogens with one attached hydrogen (secondary N) is 1. The molecule has 0 bridgehead atoms. The zero-order chi connectivity index (χ0) is 14.5. The van der Waals surface area contributed by atoms with Gasteiger partial charge in [-0.1, -0.05) is 23.8 Å². The Morgan fingerprint density at radius 3 is 2.90 bits per heavy atom. The molecule has 0 unspecified atom stereocenters. The highest BCUT2D eigenvalue weighted by atomic mass is 32.1. The number of carbonyl (C=O) groups is 1. The first-order chi connectivity index (χ1) is 9.56. The summed E-state index contributed by atoms with van der Waals surface area (Å²) in [5.74, 6) is -0.833. The van der Waals surface area contributed by atoms with Gasteiger partial charge < -0.3 is 10.4 Å². The second-order valence-electron chi connectivity index (χ2n) is 4.77. The van der Waals surface area contributed by atoms with Crippen molar-refractivity contribution < 1.29 is 9.90 Å². The largest absolute Gasteiger partial charge is 0.480 e. The number of aryl methyl sites for hydroxylation is 2. The fraction of sp³-hybridized carbons (Fsp3) is 0.333. The molecular formula is C15H18N2O2S. The molecule has 0 atom stereocenters. The van der Waals surface area contributed by atoms with Gasteiger partial charge in [-0.05, 0) is 19.4 Å². The average Bonchev–Trinajstić information content (AvgIpc) is 2.83. The van der Waals surface area contributed by atoms with Gasteiger partial charge in [-0.3, -0.25) is 4.79 Å². The molecule has 0 spiro atoms. The van der Waals surface area contributed by atoms with Gasteiger partial charge in [0, 0.05) is 23.9 Å². The third-order valence-corrected chi connectivity index (χ3v) is 3.91. The summed E-state index contributed by atoms with van der Waals surface area (Å²) in [6.07, 6.45) is 0.753. The maximum atomic E-state index is 10.4. The van der Waals surface area contributed by atoms with E-state index in [9.17, 15) is 4.79 Å². The van der Waals surface area contributed by atoms with Gasteiger partial charge in [-0.2, -0.15) is 0 Å². The summed E-state index contributed by atoms with van der Waals surface area (Å²) in [6.45, 7) is 4.80. The van der Waals surface area contributed by atoms with E-state index in [1.165, 1.54) is 11.1 Å². The summed E-state index contributed by atoms with van der Waals surface area (Å²) in [5.41, 5.74) is 4.64. The van der Waals surface area contributed by atoms with Crippen molar-refractivity contribution in [3.8, 4) is 11.3 Å². The number of nitrogens with zero attached hydrogens (tertiary/aromatic N) is 1.